The van der Waals surface area contributed by atoms with Crippen molar-refractivity contribution in [3.8, 4) is 11.1 Å². The Balaban J connectivity index is 2.46. The quantitative estimate of drug-likeness (QED) is 0.532. The third-order valence-electron chi connectivity index (χ3n) is 4.16. The van der Waals surface area contributed by atoms with Gasteiger partial charge < -0.3 is 20.8 Å². The SMILES string of the molecule is C[Si](C)(C)c1ccc(-c2cc(N)ccc2N(CCO)CCO)cc1. The minimum Gasteiger partial charge on any atom is -0.399 e. The topological polar surface area (TPSA) is 69.7 Å². The molecular weight excluding hydrogens is 316 g/mol. The molecule has 130 valence electrons. The average molecular weight is 345 g/mol. The number of nitrogen functional groups attached to an aromatic ring is 1. The van der Waals surface area contributed by atoms with Crippen LogP contribution in [-0.4, -0.2) is 44.6 Å². The molecule has 0 fully saturated rings. The van der Waals surface area contributed by atoms with E-state index < -0.39 is 8.07 Å². The number of anilines is 2. The van der Waals surface area contributed by atoms with Crippen LogP contribution in [0.25, 0.3) is 11.1 Å². The first-order valence-electron chi connectivity index (χ1n) is 8.34. The summed E-state index contributed by atoms with van der Waals surface area (Å²) in [5, 5.41) is 20.1. The van der Waals surface area contributed by atoms with Gasteiger partial charge in [-0.2, -0.15) is 0 Å². The molecule has 0 aromatic heterocycles. The molecule has 0 heterocycles. The molecule has 4 N–H and O–H groups in total. The first-order chi connectivity index (χ1) is 11.4. The second kappa shape index (κ2) is 7.83. The Bertz CT molecular complexity index is 660. The summed E-state index contributed by atoms with van der Waals surface area (Å²) >= 11 is 0. The van der Waals surface area contributed by atoms with Crippen molar-refractivity contribution >= 4 is 24.6 Å². The summed E-state index contributed by atoms with van der Waals surface area (Å²) in [6.45, 7) is 8.03. The summed E-state index contributed by atoms with van der Waals surface area (Å²) in [5.74, 6) is 0. The molecule has 0 spiro atoms. The van der Waals surface area contributed by atoms with Crippen LogP contribution < -0.4 is 15.8 Å². The maximum absolute atomic E-state index is 9.32. The molecule has 2 aromatic rings. The van der Waals surface area contributed by atoms with Crippen molar-refractivity contribution in [3.63, 3.8) is 0 Å². The molecule has 4 nitrogen and oxygen atoms in total. The minimum atomic E-state index is -1.33. The highest BCUT2D eigenvalue weighted by atomic mass is 28.3. The van der Waals surface area contributed by atoms with Gasteiger partial charge in [-0.25, -0.2) is 0 Å². The lowest BCUT2D eigenvalue weighted by molar-refractivity contribution is 0.281. The van der Waals surface area contributed by atoms with E-state index in [1.165, 1.54) is 5.19 Å². The van der Waals surface area contributed by atoms with Gasteiger partial charge in [0.05, 0.1) is 21.3 Å². The Morgan fingerprint density at radius 2 is 1.50 bits per heavy atom. The van der Waals surface area contributed by atoms with E-state index in [9.17, 15) is 10.2 Å². The van der Waals surface area contributed by atoms with Gasteiger partial charge in [-0.05, 0) is 23.8 Å². The molecule has 0 saturated carbocycles. The molecule has 0 atom stereocenters. The highest BCUT2D eigenvalue weighted by Crippen LogP contribution is 2.32. The molecule has 0 aliphatic carbocycles. The lowest BCUT2D eigenvalue weighted by Gasteiger charge is -2.26. The zero-order valence-corrected chi connectivity index (χ0v) is 15.8. The van der Waals surface area contributed by atoms with E-state index in [0.717, 1.165) is 16.8 Å². The normalized spacial score (nSPS) is 11.5. The Labute approximate surface area is 145 Å². The van der Waals surface area contributed by atoms with E-state index in [-0.39, 0.29) is 13.2 Å². The van der Waals surface area contributed by atoms with Gasteiger partial charge in [-0.3, -0.25) is 0 Å². The Morgan fingerprint density at radius 3 is 2.00 bits per heavy atom. The molecule has 0 aliphatic heterocycles. The fraction of sp³-hybridized carbons (Fsp3) is 0.368. The van der Waals surface area contributed by atoms with Gasteiger partial charge in [-0.15, -0.1) is 0 Å². The standard InChI is InChI=1S/C19H28N2O2Si/c1-24(2,3)17-7-4-15(5-8-17)18-14-16(20)6-9-19(18)21(10-12-22)11-13-23/h4-9,14,22-23H,10-13,20H2,1-3H3. The molecule has 2 rings (SSSR count). The fourth-order valence-electron chi connectivity index (χ4n) is 2.80. The minimum absolute atomic E-state index is 0.0401. The van der Waals surface area contributed by atoms with Crippen molar-refractivity contribution in [2.75, 3.05) is 36.9 Å². The summed E-state index contributed by atoms with van der Waals surface area (Å²) in [6.07, 6.45) is 0. The van der Waals surface area contributed by atoms with Crippen LogP contribution in [0, 0.1) is 0 Å². The predicted octanol–water partition coefficient (Wildman–Crippen LogP) is 2.27. The highest BCUT2D eigenvalue weighted by molar-refractivity contribution is 6.88. The van der Waals surface area contributed by atoms with Gasteiger partial charge in [0.25, 0.3) is 0 Å². The van der Waals surface area contributed by atoms with Gasteiger partial charge >= 0.3 is 0 Å². The molecular formula is C19H28N2O2Si. The van der Waals surface area contributed by atoms with E-state index in [0.29, 0.717) is 18.8 Å². The summed E-state index contributed by atoms with van der Waals surface area (Å²) in [7, 11) is -1.33. The molecule has 2 aromatic carbocycles. The maximum Gasteiger partial charge on any atom is 0.0775 e. The fourth-order valence-corrected chi connectivity index (χ4v) is 3.97. The van der Waals surface area contributed by atoms with Gasteiger partial charge in [0.2, 0.25) is 0 Å². The smallest absolute Gasteiger partial charge is 0.0775 e. The zero-order chi connectivity index (χ0) is 17.7. The van der Waals surface area contributed by atoms with Crippen LogP contribution in [0.4, 0.5) is 11.4 Å². The molecule has 0 saturated heterocycles. The number of benzene rings is 2. The number of aliphatic hydroxyl groups is 2. The maximum atomic E-state index is 9.32. The molecule has 0 unspecified atom stereocenters. The van der Waals surface area contributed by atoms with Gasteiger partial charge in [0.1, 0.15) is 0 Å². The number of hydrogen-bond donors (Lipinski definition) is 3. The van der Waals surface area contributed by atoms with Crippen LogP contribution in [-0.2, 0) is 0 Å². The van der Waals surface area contributed by atoms with Crippen molar-refractivity contribution in [2.45, 2.75) is 19.6 Å². The van der Waals surface area contributed by atoms with E-state index in [4.69, 9.17) is 5.73 Å². The van der Waals surface area contributed by atoms with Crippen molar-refractivity contribution in [1.29, 1.82) is 0 Å². The first-order valence-corrected chi connectivity index (χ1v) is 11.8. The van der Waals surface area contributed by atoms with Gasteiger partial charge in [-0.1, -0.05) is 49.1 Å². The van der Waals surface area contributed by atoms with Gasteiger partial charge in [0, 0.05) is 30.0 Å². The second-order valence-corrected chi connectivity index (χ2v) is 12.1. The molecule has 0 aliphatic rings. The molecule has 0 bridgehead atoms. The lowest BCUT2D eigenvalue weighted by Crippen LogP contribution is -2.37. The second-order valence-electron chi connectivity index (χ2n) is 7.04. The predicted molar refractivity (Wildman–Crippen MR) is 106 cm³/mol. The lowest BCUT2D eigenvalue weighted by atomic mass is 10.0. The number of nitrogens with two attached hydrogens (primary N) is 1. The monoisotopic (exact) mass is 344 g/mol. The van der Waals surface area contributed by atoms with Crippen LogP contribution in [0.5, 0.6) is 0 Å². The highest BCUT2D eigenvalue weighted by Gasteiger charge is 2.17. The zero-order valence-electron chi connectivity index (χ0n) is 14.8. The van der Waals surface area contributed by atoms with E-state index >= 15 is 0 Å². The van der Waals surface area contributed by atoms with Crippen molar-refractivity contribution in [3.05, 3.63) is 42.5 Å². The molecule has 0 radical (unpaired) electrons. The largest absolute Gasteiger partial charge is 0.399 e. The van der Waals surface area contributed by atoms with Crippen LogP contribution in [0.3, 0.4) is 0 Å². The van der Waals surface area contributed by atoms with E-state index in [1.807, 2.05) is 23.1 Å². The summed E-state index contributed by atoms with van der Waals surface area (Å²) in [5.41, 5.74) is 9.81. The number of rotatable bonds is 7. The van der Waals surface area contributed by atoms with Crippen LogP contribution >= 0.6 is 0 Å². The van der Waals surface area contributed by atoms with Crippen molar-refractivity contribution in [1.82, 2.24) is 0 Å². The van der Waals surface area contributed by atoms with Crippen molar-refractivity contribution < 1.29 is 10.2 Å². The number of aliphatic hydroxyl groups excluding tert-OH is 2. The first kappa shape index (κ1) is 18.5. The molecule has 5 heteroatoms. The number of nitrogens with zero attached hydrogens (tertiary/aromatic N) is 1. The molecule has 0 amide bonds. The van der Waals surface area contributed by atoms with Crippen LogP contribution in [0.1, 0.15) is 0 Å². The molecule has 24 heavy (non-hydrogen) atoms. The summed E-state index contributed by atoms with van der Waals surface area (Å²) in [6, 6.07) is 14.5. The average Bonchev–Trinajstić information content (AvgIpc) is 2.54. The van der Waals surface area contributed by atoms with Crippen LogP contribution in [0.15, 0.2) is 42.5 Å². The van der Waals surface area contributed by atoms with Crippen LogP contribution in [0.2, 0.25) is 19.6 Å². The Hall–Kier alpha value is -1.82. The van der Waals surface area contributed by atoms with Gasteiger partial charge in [0.15, 0.2) is 0 Å². The van der Waals surface area contributed by atoms with E-state index in [1.54, 1.807) is 0 Å². The van der Waals surface area contributed by atoms with Crippen molar-refractivity contribution in [2.24, 2.45) is 0 Å². The Kier molecular flexibility index (Phi) is 6.04. The third kappa shape index (κ3) is 4.38. The summed E-state index contributed by atoms with van der Waals surface area (Å²) in [4.78, 5) is 1.99. The number of hydrogen-bond acceptors (Lipinski definition) is 4. The Morgan fingerprint density at radius 1 is 0.917 bits per heavy atom. The third-order valence-corrected chi connectivity index (χ3v) is 6.23. The summed E-state index contributed by atoms with van der Waals surface area (Å²) < 4.78 is 0. The van der Waals surface area contributed by atoms with E-state index in [2.05, 4.69) is 43.9 Å².